The lowest BCUT2D eigenvalue weighted by Gasteiger charge is -2.24. The molecule has 2 saturated heterocycles. The molecule has 1 N–H and O–H groups in total. The number of anilines is 1. The molecule has 3 rings (SSSR count). The van der Waals surface area contributed by atoms with Crippen molar-refractivity contribution in [1.82, 2.24) is 5.32 Å². The highest BCUT2D eigenvalue weighted by Gasteiger charge is 2.19. The van der Waals surface area contributed by atoms with Gasteiger partial charge in [0.2, 0.25) is 0 Å². The van der Waals surface area contributed by atoms with Crippen molar-refractivity contribution < 1.29 is 9.53 Å². The van der Waals surface area contributed by atoms with Crippen LogP contribution in [0, 0.1) is 6.92 Å². The van der Waals surface area contributed by atoms with E-state index in [-0.39, 0.29) is 11.9 Å². The van der Waals surface area contributed by atoms with Gasteiger partial charge < -0.3 is 15.0 Å². The summed E-state index contributed by atoms with van der Waals surface area (Å²) < 4.78 is 5.33. The molecule has 0 radical (unpaired) electrons. The molecule has 0 saturated carbocycles. The summed E-state index contributed by atoms with van der Waals surface area (Å²) in [5.74, 6) is 0.0485. The van der Waals surface area contributed by atoms with Gasteiger partial charge in [-0.2, -0.15) is 0 Å². The second-order valence-corrected chi connectivity index (χ2v) is 6.05. The van der Waals surface area contributed by atoms with E-state index in [0.29, 0.717) is 0 Å². The number of rotatable bonds is 3. The molecule has 4 heteroatoms. The van der Waals surface area contributed by atoms with Gasteiger partial charge in [0.15, 0.2) is 0 Å². The first-order valence-corrected chi connectivity index (χ1v) is 7.98. The van der Waals surface area contributed by atoms with Crippen LogP contribution >= 0.6 is 0 Å². The number of aryl methyl sites for hydroxylation is 1. The second kappa shape index (κ2) is 6.48. The number of ether oxygens (including phenoxy) is 1. The van der Waals surface area contributed by atoms with E-state index >= 15 is 0 Å². The van der Waals surface area contributed by atoms with E-state index in [1.807, 2.05) is 13.0 Å². The van der Waals surface area contributed by atoms with Crippen LogP contribution in [0.25, 0.3) is 0 Å². The van der Waals surface area contributed by atoms with Gasteiger partial charge in [0.05, 0.1) is 0 Å². The average molecular weight is 288 g/mol. The molecule has 2 fully saturated rings. The zero-order chi connectivity index (χ0) is 14.7. The summed E-state index contributed by atoms with van der Waals surface area (Å²) in [6.07, 6.45) is 4.36. The number of nitrogens with zero attached hydrogens (tertiary/aromatic N) is 1. The van der Waals surface area contributed by atoms with Crippen LogP contribution < -0.4 is 10.2 Å². The first kappa shape index (κ1) is 14.4. The van der Waals surface area contributed by atoms with Gasteiger partial charge in [-0.05, 0) is 56.4 Å². The number of carbonyl (C=O) groups is 1. The van der Waals surface area contributed by atoms with E-state index < -0.39 is 0 Å². The minimum atomic E-state index is 0.0485. The van der Waals surface area contributed by atoms with Crippen molar-refractivity contribution >= 4 is 11.6 Å². The number of nitrogens with one attached hydrogen (secondary N) is 1. The Morgan fingerprint density at radius 2 is 1.95 bits per heavy atom. The monoisotopic (exact) mass is 288 g/mol. The lowest BCUT2D eigenvalue weighted by atomic mass is 10.0. The van der Waals surface area contributed by atoms with Gasteiger partial charge in [-0.25, -0.2) is 0 Å². The van der Waals surface area contributed by atoms with Gasteiger partial charge in [-0.1, -0.05) is 0 Å². The zero-order valence-corrected chi connectivity index (χ0v) is 12.7. The third kappa shape index (κ3) is 3.38. The summed E-state index contributed by atoms with van der Waals surface area (Å²) in [5, 5.41) is 3.13. The maximum atomic E-state index is 12.4. The summed E-state index contributed by atoms with van der Waals surface area (Å²) >= 11 is 0. The Morgan fingerprint density at radius 1 is 1.24 bits per heavy atom. The molecule has 1 aromatic carbocycles. The summed E-state index contributed by atoms with van der Waals surface area (Å²) in [4.78, 5) is 14.8. The van der Waals surface area contributed by atoms with Crippen molar-refractivity contribution in [2.45, 2.75) is 38.6 Å². The van der Waals surface area contributed by atoms with Crippen molar-refractivity contribution in [2.75, 3.05) is 31.2 Å². The number of benzene rings is 1. The fourth-order valence-corrected chi connectivity index (χ4v) is 3.18. The molecule has 21 heavy (non-hydrogen) atoms. The molecule has 114 valence electrons. The molecule has 4 nitrogen and oxygen atoms in total. The van der Waals surface area contributed by atoms with Crippen LogP contribution in [-0.4, -0.2) is 38.3 Å². The summed E-state index contributed by atoms with van der Waals surface area (Å²) in [7, 11) is 0. The van der Waals surface area contributed by atoms with E-state index in [0.717, 1.165) is 50.3 Å². The molecule has 0 aliphatic carbocycles. The third-order valence-electron chi connectivity index (χ3n) is 4.48. The molecule has 1 aromatic rings. The van der Waals surface area contributed by atoms with Gasteiger partial charge in [0.25, 0.3) is 5.91 Å². The van der Waals surface area contributed by atoms with E-state index in [1.54, 1.807) is 0 Å². The van der Waals surface area contributed by atoms with Crippen LogP contribution in [0.2, 0.25) is 0 Å². The standard InChI is InChI=1S/C17H24N2O2/c1-13-12-15(19-8-2-3-9-19)4-5-16(13)17(20)18-14-6-10-21-11-7-14/h4-5,12,14H,2-3,6-11H2,1H3,(H,18,20). The number of hydrogen-bond acceptors (Lipinski definition) is 3. The Labute approximate surface area is 126 Å². The molecule has 2 aliphatic rings. The summed E-state index contributed by atoms with van der Waals surface area (Å²) in [5.41, 5.74) is 3.10. The Kier molecular flexibility index (Phi) is 4.44. The highest BCUT2D eigenvalue weighted by molar-refractivity contribution is 5.96. The van der Waals surface area contributed by atoms with Crippen LogP contribution in [0.15, 0.2) is 18.2 Å². The predicted molar refractivity (Wildman–Crippen MR) is 83.9 cm³/mol. The van der Waals surface area contributed by atoms with Crippen molar-refractivity contribution in [1.29, 1.82) is 0 Å². The van der Waals surface area contributed by atoms with Gasteiger partial charge in [0, 0.05) is 43.6 Å². The van der Waals surface area contributed by atoms with Crippen molar-refractivity contribution in [3.63, 3.8) is 0 Å². The van der Waals surface area contributed by atoms with Gasteiger partial charge >= 0.3 is 0 Å². The topological polar surface area (TPSA) is 41.6 Å². The molecule has 0 atom stereocenters. The maximum Gasteiger partial charge on any atom is 0.251 e. The summed E-state index contributed by atoms with van der Waals surface area (Å²) in [6, 6.07) is 6.45. The molecule has 2 aliphatic heterocycles. The SMILES string of the molecule is Cc1cc(N2CCCC2)ccc1C(=O)NC1CCOCC1. The fourth-order valence-electron chi connectivity index (χ4n) is 3.18. The summed E-state index contributed by atoms with van der Waals surface area (Å²) in [6.45, 7) is 5.79. The minimum Gasteiger partial charge on any atom is -0.381 e. The van der Waals surface area contributed by atoms with Crippen molar-refractivity contribution in [3.05, 3.63) is 29.3 Å². The maximum absolute atomic E-state index is 12.4. The van der Waals surface area contributed by atoms with E-state index in [2.05, 4.69) is 22.3 Å². The van der Waals surface area contributed by atoms with E-state index in [9.17, 15) is 4.79 Å². The van der Waals surface area contributed by atoms with Crippen molar-refractivity contribution in [3.8, 4) is 0 Å². The van der Waals surface area contributed by atoms with Crippen LogP contribution in [0.5, 0.6) is 0 Å². The number of amides is 1. The Balaban J connectivity index is 1.68. The van der Waals surface area contributed by atoms with Gasteiger partial charge in [-0.3, -0.25) is 4.79 Å². The molecule has 2 heterocycles. The number of carbonyl (C=O) groups excluding carboxylic acids is 1. The number of hydrogen-bond donors (Lipinski definition) is 1. The molecule has 0 aromatic heterocycles. The van der Waals surface area contributed by atoms with Crippen LogP contribution in [0.1, 0.15) is 41.6 Å². The van der Waals surface area contributed by atoms with Gasteiger partial charge in [0.1, 0.15) is 0 Å². The highest BCUT2D eigenvalue weighted by atomic mass is 16.5. The quantitative estimate of drug-likeness (QED) is 0.929. The van der Waals surface area contributed by atoms with Crippen LogP contribution in [0.4, 0.5) is 5.69 Å². The Hall–Kier alpha value is -1.55. The lowest BCUT2D eigenvalue weighted by Crippen LogP contribution is -2.39. The van der Waals surface area contributed by atoms with Crippen molar-refractivity contribution in [2.24, 2.45) is 0 Å². The van der Waals surface area contributed by atoms with Gasteiger partial charge in [-0.15, -0.1) is 0 Å². The molecular weight excluding hydrogens is 264 g/mol. The Morgan fingerprint density at radius 3 is 2.62 bits per heavy atom. The zero-order valence-electron chi connectivity index (χ0n) is 12.7. The first-order chi connectivity index (χ1) is 10.2. The minimum absolute atomic E-state index is 0.0485. The molecule has 0 bridgehead atoms. The van der Waals surface area contributed by atoms with Crippen LogP contribution in [0.3, 0.4) is 0 Å². The predicted octanol–water partition coefficient (Wildman–Crippen LogP) is 2.50. The van der Waals surface area contributed by atoms with Crippen LogP contribution in [-0.2, 0) is 4.74 Å². The highest BCUT2D eigenvalue weighted by Crippen LogP contribution is 2.23. The molecule has 0 unspecified atom stereocenters. The molecule has 0 spiro atoms. The lowest BCUT2D eigenvalue weighted by molar-refractivity contribution is 0.0696. The second-order valence-electron chi connectivity index (χ2n) is 6.05. The fraction of sp³-hybridized carbons (Fsp3) is 0.588. The average Bonchev–Trinajstić information content (AvgIpc) is 3.02. The normalized spacial score (nSPS) is 19.8. The third-order valence-corrected chi connectivity index (χ3v) is 4.48. The Bertz CT molecular complexity index is 504. The largest absolute Gasteiger partial charge is 0.381 e. The smallest absolute Gasteiger partial charge is 0.251 e. The first-order valence-electron chi connectivity index (χ1n) is 7.98. The van der Waals surface area contributed by atoms with E-state index in [4.69, 9.17) is 4.74 Å². The molecular formula is C17H24N2O2. The molecule has 1 amide bonds. The van der Waals surface area contributed by atoms with E-state index in [1.165, 1.54) is 18.5 Å².